The Hall–Kier alpha value is -2.11. The van der Waals surface area contributed by atoms with Gasteiger partial charge >= 0.3 is 5.97 Å². The third-order valence-corrected chi connectivity index (χ3v) is 2.51. The lowest BCUT2D eigenvalue weighted by Crippen LogP contribution is -2.41. The number of rotatable bonds is 5. The first-order chi connectivity index (χ1) is 8.81. The first kappa shape index (κ1) is 14.9. The van der Waals surface area contributed by atoms with Crippen molar-refractivity contribution in [1.82, 2.24) is 5.32 Å². The monoisotopic (exact) mass is 269 g/mol. The minimum atomic E-state index is -1.17. The van der Waals surface area contributed by atoms with Crippen LogP contribution < -0.4 is 5.32 Å². The van der Waals surface area contributed by atoms with Crippen LogP contribution in [-0.4, -0.2) is 28.1 Å². The van der Waals surface area contributed by atoms with Gasteiger partial charge in [0.2, 0.25) is 0 Å². The highest BCUT2D eigenvalue weighted by atomic mass is 19.1. The molecule has 0 heterocycles. The number of phenolic OH excluding ortho intramolecular Hbond substituents is 1. The van der Waals surface area contributed by atoms with Crippen LogP contribution in [0.5, 0.6) is 5.75 Å². The standard InChI is InChI=1S/C13H16FNO4/c1-7(2)5-10(13(18)19)15-12(17)9-6-8(14)3-4-11(9)16/h3-4,6-7,10,16H,5H2,1-2H3,(H,15,17)(H,18,19)/t10-/m1/s1. The quantitative estimate of drug-likeness (QED) is 0.760. The zero-order valence-corrected chi connectivity index (χ0v) is 10.7. The maximum Gasteiger partial charge on any atom is 0.326 e. The molecule has 0 fully saturated rings. The second-order valence-corrected chi connectivity index (χ2v) is 4.66. The van der Waals surface area contributed by atoms with Crippen LogP contribution in [0.25, 0.3) is 0 Å². The molecule has 1 amide bonds. The molecule has 1 aromatic rings. The lowest BCUT2D eigenvalue weighted by Gasteiger charge is -2.16. The van der Waals surface area contributed by atoms with Crippen LogP contribution in [0.1, 0.15) is 30.6 Å². The van der Waals surface area contributed by atoms with E-state index >= 15 is 0 Å². The number of halogens is 1. The van der Waals surface area contributed by atoms with E-state index in [2.05, 4.69) is 5.32 Å². The Balaban J connectivity index is 2.87. The smallest absolute Gasteiger partial charge is 0.326 e. The summed E-state index contributed by atoms with van der Waals surface area (Å²) in [4.78, 5) is 22.8. The van der Waals surface area contributed by atoms with E-state index in [0.717, 1.165) is 18.2 Å². The number of amides is 1. The van der Waals surface area contributed by atoms with Crippen molar-refractivity contribution in [2.45, 2.75) is 26.3 Å². The molecule has 0 saturated carbocycles. The number of carbonyl (C=O) groups is 2. The van der Waals surface area contributed by atoms with Gasteiger partial charge in [-0.2, -0.15) is 0 Å². The van der Waals surface area contributed by atoms with Crippen molar-refractivity contribution in [2.75, 3.05) is 0 Å². The Morgan fingerprint density at radius 1 is 1.37 bits per heavy atom. The summed E-state index contributed by atoms with van der Waals surface area (Å²) in [7, 11) is 0. The van der Waals surface area contributed by atoms with E-state index in [9.17, 15) is 19.1 Å². The predicted octanol–water partition coefficient (Wildman–Crippen LogP) is 1.76. The average molecular weight is 269 g/mol. The van der Waals surface area contributed by atoms with E-state index in [-0.39, 0.29) is 17.9 Å². The van der Waals surface area contributed by atoms with Crippen molar-refractivity contribution in [2.24, 2.45) is 5.92 Å². The minimum Gasteiger partial charge on any atom is -0.507 e. The molecule has 0 aliphatic carbocycles. The van der Waals surface area contributed by atoms with Gasteiger partial charge < -0.3 is 15.5 Å². The van der Waals surface area contributed by atoms with Crippen molar-refractivity contribution in [3.05, 3.63) is 29.6 Å². The van der Waals surface area contributed by atoms with Gasteiger partial charge in [-0.1, -0.05) is 13.8 Å². The van der Waals surface area contributed by atoms with E-state index < -0.39 is 29.5 Å². The van der Waals surface area contributed by atoms with Gasteiger partial charge in [0.05, 0.1) is 5.56 Å². The van der Waals surface area contributed by atoms with Gasteiger partial charge in [-0.15, -0.1) is 0 Å². The zero-order valence-electron chi connectivity index (χ0n) is 10.7. The van der Waals surface area contributed by atoms with Gasteiger partial charge in [0.1, 0.15) is 17.6 Å². The molecule has 0 spiro atoms. The van der Waals surface area contributed by atoms with E-state index in [0.29, 0.717) is 0 Å². The Labute approximate surface area is 110 Å². The van der Waals surface area contributed by atoms with Crippen LogP contribution in [0.15, 0.2) is 18.2 Å². The highest BCUT2D eigenvalue weighted by Gasteiger charge is 2.23. The summed E-state index contributed by atoms with van der Waals surface area (Å²) in [6.07, 6.45) is 0.247. The fraction of sp³-hybridized carbons (Fsp3) is 0.385. The Kier molecular flexibility index (Phi) is 4.86. The van der Waals surface area contributed by atoms with Crippen molar-refractivity contribution < 1.29 is 24.2 Å². The molecule has 0 aromatic heterocycles. The summed E-state index contributed by atoms with van der Waals surface area (Å²) in [5.74, 6) is -2.99. The molecule has 1 rings (SSSR count). The topological polar surface area (TPSA) is 86.6 Å². The minimum absolute atomic E-state index is 0.0718. The van der Waals surface area contributed by atoms with E-state index in [1.165, 1.54) is 0 Å². The molecule has 104 valence electrons. The number of nitrogens with one attached hydrogen (secondary N) is 1. The maximum atomic E-state index is 13.0. The molecule has 3 N–H and O–H groups in total. The summed E-state index contributed by atoms with van der Waals surface area (Å²) in [5.41, 5.74) is -0.282. The van der Waals surface area contributed by atoms with Gasteiger partial charge in [0.25, 0.3) is 5.91 Å². The lowest BCUT2D eigenvalue weighted by atomic mass is 10.0. The number of hydrogen-bond donors (Lipinski definition) is 3. The van der Waals surface area contributed by atoms with Gasteiger partial charge in [-0.3, -0.25) is 4.79 Å². The van der Waals surface area contributed by atoms with Crippen LogP contribution in [-0.2, 0) is 4.79 Å². The normalized spacial score (nSPS) is 12.2. The number of carbonyl (C=O) groups excluding carboxylic acids is 1. The first-order valence-corrected chi connectivity index (χ1v) is 5.83. The molecule has 19 heavy (non-hydrogen) atoms. The molecule has 0 aliphatic rings. The zero-order chi connectivity index (χ0) is 14.6. The Morgan fingerprint density at radius 2 is 2.00 bits per heavy atom. The average Bonchev–Trinajstić information content (AvgIpc) is 2.30. The third kappa shape index (κ3) is 4.24. The number of carboxylic acids is 1. The number of hydrogen-bond acceptors (Lipinski definition) is 3. The van der Waals surface area contributed by atoms with Crippen LogP contribution >= 0.6 is 0 Å². The molecule has 0 bridgehead atoms. The molecular formula is C13H16FNO4. The second kappa shape index (κ2) is 6.17. The number of carboxylic acid groups (broad SMARTS) is 1. The molecule has 0 saturated heterocycles. The van der Waals surface area contributed by atoms with Crippen LogP contribution in [0.4, 0.5) is 4.39 Å². The number of aliphatic carboxylic acids is 1. The fourth-order valence-electron chi connectivity index (χ4n) is 1.62. The van der Waals surface area contributed by atoms with Gasteiger partial charge in [-0.05, 0) is 30.5 Å². The summed E-state index contributed by atoms with van der Waals surface area (Å²) < 4.78 is 13.0. The SMILES string of the molecule is CC(C)C[C@@H](NC(=O)c1cc(F)ccc1O)C(=O)O. The van der Waals surface area contributed by atoms with Gasteiger partial charge in [-0.25, -0.2) is 9.18 Å². The highest BCUT2D eigenvalue weighted by Crippen LogP contribution is 2.18. The Morgan fingerprint density at radius 3 is 2.53 bits per heavy atom. The summed E-state index contributed by atoms with van der Waals surface area (Å²) in [6, 6.07) is 1.84. The molecular weight excluding hydrogens is 253 g/mol. The van der Waals surface area contributed by atoms with Crippen LogP contribution in [0.3, 0.4) is 0 Å². The number of phenols is 1. The number of benzene rings is 1. The second-order valence-electron chi connectivity index (χ2n) is 4.66. The largest absolute Gasteiger partial charge is 0.507 e. The highest BCUT2D eigenvalue weighted by molar-refractivity contribution is 5.98. The lowest BCUT2D eigenvalue weighted by molar-refractivity contribution is -0.139. The molecule has 6 heteroatoms. The molecule has 0 radical (unpaired) electrons. The summed E-state index contributed by atoms with van der Waals surface area (Å²) in [6.45, 7) is 3.64. The van der Waals surface area contributed by atoms with E-state index in [1.807, 2.05) is 13.8 Å². The molecule has 0 aliphatic heterocycles. The van der Waals surface area contributed by atoms with Crippen molar-refractivity contribution in [3.8, 4) is 5.75 Å². The summed E-state index contributed by atoms with van der Waals surface area (Å²) in [5, 5.41) is 20.7. The van der Waals surface area contributed by atoms with E-state index in [4.69, 9.17) is 5.11 Å². The third-order valence-electron chi connectivity index (χ3n) is 2.51. The predicted molar refractivity (Wildman–Crippen MR) is 66.4 cm³/mol. The summed E-state index contributed by atoms with van der Waals surface area (Å²) >= 11 is 0. The van der Waals surface area contributed by atoms with Crippen LogP contribution in [0.2, 0.25) is 0 Å². The van der Waals surface area contributed by atoms with E-state index in [1.54, 1.807) is 0 Å². The molecule has 5 nitrogen and oxygen atoms in total. The number of aromatic hydroxyl groups is 1. The molecule has 1 aromatic carbocycles. The maximum absolute atomic E-state index is 13.0. The van der Waals surface area contributed by atoms with Crippen molar-refractivity contribution in [1.29, 1.82) is 0 Å². The van der Waals surface area contributed by atoms with Crippen molar-refractivity contribution in [3.63, 3.8) is 0 Å². The van der Waals surface area contributed by atoms with Crippen LogP contribution in [0, 0.1) is 11.7 Å². The fourth-order valence-corrected chi connectivity index (χ4v) is 1.62. The van der Waals surface area contributed by atoms with Gasteiger partial charge in [0.15, 0.2) is 0 Å². The van der Waals surface area contributed by atoms with Crippen molar-refractivity contribution >= 4 is 11.9 Å². The van der Waals surface area contributed by atoms with Gasteiger partial charge in [0, 0.05) is 0 Å². The Bertz CT molecular complexity index is 488. The molecule has 1 atom stereocenters. The first-order valence-electron chi connectivity index (χ1n) is 5.83. The molecule has 0 unspecified atom stereocenters.